The van der Waals surface area contributed by atoms with Gasteiger partial charge in [0.05, 0.1) is 6.54 Å². The Kier molecular flexibility index (Phi) is 2.25. The van der Waals surface area contributed by atoms with Gasteiger partial charge in [0.25, 0.3) is 0 Å². The van der Waals surface area contributed by atoms with Gasteiger partial charge in [0.2, 0.25) is 0 Å². The molecule has 2 rings (SSSR count). The number of nitrogen functional groups attached to an aromatic ring is 1. The summed E-state index contributed by atoms with van der Waals surface area (Å²) in [5, 5.41) is 18.9. The van der Waals surface area contributed by atoms with Crippen LogP contribution in [0, 0.1) is 0 Å². The van der Waals surface area contributed by atoms with Crippen molar-refractivity contribution in [2.75, 3.05) is 5.73 Å². The molecule has 0 bridgehead atoms. The number of hydrogen-bond donors (Lipinski definition) is 3. The van der Waals surface area contributed by atoms with Crippen molar-refractivity contribution in [3.8, 4) is 11.8 Å². The molecule has 0 atom stereocenters. The molecule has 0 saturated carbocycles. The minimum atomic E-state index is 0.0457. The first kappa shape index (κ1) is 9.45. The van der Waals surface area contributed by atoms with E-state index in [0.717, 1.165) is 5.56 Å². The average molecular weight is 204 g/mol. The molecule has 0 fully saturated rings. The monoisotopic (exact) mass is 204 g/mol. The molecule has 0 aliphatic rings. The summed E-state index contributed by atoms with van der Waals surface area (Å²) < 4.78 is 1.41. The summed E-state index contributed by atoms with van der Waals surface area (Å²) >= 11 is 0. The van der Waals surface area contributed by atoms with Gasteiger partial charge in [-0.2, -0.15) is 0 Å². The number of aromatic nitrogens is 1. The zero-order valence-corrected chi connectivity index (χ0v) is 8.09. The summed E-state index contributed by atoms with van der Waals surface area (Å²) in [6.07, 6.45) is 0. The van der Waals surface area contributed by atoms with Crippen LogP contribution in [0.3, 0.4) is 0 Å². The van der Waals surface area contributed by atoms with Crippen LogP contribution >= 0.6 is 0 Å². The van der Waals surface area contributed by atoms with Crippen LogP contribution < -0.4 is 5.73 Å². The van der Waals surface area contributed by atoms with Gasteiger partial charge in [-0.3, -0.25) is 4.57 Å². The van der Waals surface area contributed by atoms with Crippen molar-refractivity contribution in [2.45, 2.75) is 6.54 Å². The van der Waals surface area contributed by atoms with Crippen LogP contribution in [-0.4, -0.2) is 14.8 Å². The van der Waals surface area contributed by atoms with Crippen LogP contribution in [0.2, 0.25) is 0 Å². The van der Waals surface area contributed by atoms with Crippen LogP contribution in [0.15, 0.2) is 36.4 Å². The summed E-state index contributed by atoms with van der Waals surface area (Å²) in [5.41, 5.74) is 7.21. The fourth-order valence-corrected chi connectivity index (χ4v) is 1.41. The zero-order chi connectivity index (χ0) is 10.8. The van der Waals surface area contributed by atoms with E-state index in [1.807, 2.05) is 12.1 Å². The van der Waals surface area contributed by atoms with Crippen LogP contribution in [0.5, 0.6) is 11.8 Å². The Morgan fingerprint density at radius 1 is 0.933 bits per heavy atom. The first-order valence-electron chi connectivity index (χ1n) is 4.58. The van der Waals surface area contributed by atoms with E-state index in [4.69, 9.17) is 5.73 Å². The molecular weight excluding hydrogens is 192 g/mol. The number of nitrogens with two attached hydrogens (primary N) is 1. The molecule has 15 heavy (non-hydrogen) atoms. The number of anilines is 1. The van der Waals surface area contributed by atoms with Crippen molar-refractivity contribution in [3.63, 3.8) is 0 Å². The van der Waals surface area contributed by atoms with Gasteiger partial charge < -0.3 is 15.9 Å². The fourth-order valence-electron chi connectivity index (χ4n) is 1.41. The van der Waals surface area contributed by atoms with E-state index in [0.29, 0.717) is 12.2 Å². The third-order valence-electron chi connectivity index (χ3n) is 2.25. The largest absolute Gasteiger partial charge is 0.494 e. The maximum absolute atomic E-state index is 9.43. The minimum Gasteiger partial charge on any atom is -0.494 e. The van der Waals surface area contributed by atoms with Gasteiger partial charge >= 0.3 is 0 Å². The summed E-state index contributed by atoms with van der Waals surface area (Å²) in [7, 11) is 0. The molecule has 4 N–H and O–H groups in total. The minimum absolute atomic E-state index is 0.0457. The Morgan fingerprint density at radius 2 is 1.47 bits per heavy atom. The first-order chi connectivity index (χ1) is 7.16. The molecule has 1 aromatic carbocycles. The highest BCUT2D eigenvalue weighted by atomic mass is 16.3. The molecule has 0 aliphatic heterocycles. The molecular formula is C11H12N2O2. The second-order valence-corrected chi connectivity index (χ2v) is 3.38. The lowest BCUT2D eigenvalue weighted by atomic mass is 10.2. The van der Waals surface area contributed by atoms with Crippen molar-refractivity contribution in [2.24, 2.45) is 0 Å². The van der Waals surface area contributed by atoms with E-state index in [-0.39, 0.29) is 11.8 Å². The Balaban J connectivity index is 2.25. The Labute approximate surface area is 87.2 Å². The summed E-state index contributed by atoms with van der Waals surface area (Å²) in [5.74, 6) is 0.0913. The molecule has 1 aromatic heterocycles. The molecule has 78 valence electrons. The van der Waals surface area contributed by atoms with Gasteiger partial charge in [-0.25, -0.2) is 0 Å². The topological polar surface area (TPSA) is 71.4 Å². The van der Waals surface area contributed by atoms with E-state index in [2.05, 4.69) is 0 Å². The van der Waals surface area contributed by atoms with Gasteiger partial charge in [-0.15, -0.1) is 0 Å². The molecule has 0 amide bonds. The van der Waals surface area contributed by atoms with Crippen molar-refractivity contribution in [3.05, 3.63) is 42.0 Å². The van der Waals surface area contributed by atoms with Crippen molar-refractivity contribution in [1.29, 1.82) is 0 Å². The molecule has 0 radical (unpaired) electrons. The first-order valence-corrected chi connectivity index (χ1v) is 4.58. The quantitative estimate of drug-likeness (QED) is 0.649. The maximum Gasteiger partial charge on any atom is 0.194 e. The van der Waals surface area contributed by atoms with Gasteiger partial charge in [-0.1, -0.05) is 12.1 Å². The van der Waals surface area contributed by atoms with E-state index in [1.165, 1.54) is 16.7 Å². The summed E-state index contributed by atoms with van der Waals surface area (Å²) in [6, 6.07) is 10.2. The molecule has 0 saturated heterocycles. The Bertz CT molecular complexity index is 440. The third kappa shape index (κ3) is 1.88. The van der Waals surface area contributed by atoms with Crippen molar-refractivity contribution >= 4 is 5.69 Å². The number of rotatable bonds is 2. The lowest BCUT2D eigenvalue weighted by Crippen LogP contribution is -1.98. The van der Waals surface area contributed by atoms with E-state index in [9.17, 15) is 10.2 Å². The average Bonchev–Trinajstić information content (AvgIpc) is 2.53. The molecule has 1 heterocycles. The fraction of sp³-hybridized carbons (Fsp3) is 0.0909. The highest BCUT2D eigenvalue weighted by Gasteiger charge is 2.05. The molecule has 4 nitrogen and oxygen atoms in total. The Hall–Kier alpha value is -2.10. The van der Waals surface area contributed by atoms with E-state index >= 15 is 0 Å². The van der Waals surface area contributed by atoms with Crippen molar-refractivity contribution < 1.29 is 10.2 Å². The number of hydrogen-bond acceptors (Lipinski definition) is 3. The summed E-state index contributed by atoms with van der Waals surface area (Å²) in [6.45, 7) is 0.422. The molecule has 0 unspecified atom stereocenters. The lowest BCUT2D eigenvalue weighted by Gasteiger charge is -2.06. The smallest absolute Gasteiger partial charge is 0.194 e. The number of aromatic hydroxyl groups is 2. The van der Waals surface area contributed by atoms with E-state index in [1.54, 1.807) is 12.1 Å². The van der Waals surface area contributed by atoms with Gasteiger partial charge in [-0.05, 0) is 17.7 Å². The third-order valence-corrected chi connectivity index (χ3v) is 2.25. The Morgan fingerprint density at radius 3 is 2.00 bits per heavy atom. The summed E-state index contributed by atoms with van der Waals surface area (Å²) in [4.78, 5) is 0. The molecule has 0 aliphatic carbocycles. The number of benzene rings is 1. The normalized spacial score (nSPS) is 10.4. The predicted octanol–water partition coefficient (Wildman–Crippen LogP) is 1.53. The van der Waals surface area contributed by atoms with Crippen molar-refractivity contribution in [1.82, 2.24) is 4.57 Å². The standard InChI is InChI=1S/C11H12N2O2/c12-9-3-1-8(2-4-9)7-13-10(14)5-6-11(13)15/h1-6,14-15H,7,12H2. The number of nitrogens with zero attached hydrogens (tertiary/aromatic N) is 1. The van der Waals surface area contributed by atoms with Crippen LogP contribution in [0.1, 0.15) is 5.56 Å². The highest BCUT2D eigenvalue weighted by Crippen LogP contribution is 2.22. The van der Waals surface area contributed by atoms with Gasteiger partial charge in [0.15, 0.2) is 11.8 Å². The van der Waals surface area contributed by atoms with Crippen LogP contribution in [0.4, 0.5) is 5.69 Å². The predicted molar refractivity (Wildman–Crippen MR) is 57.7 cm³/mol. The second kappa shape index (κ2) is 3.57. The lowest BCUT2D eigenvalue weighted by molar-refractivity contribution is 0.377. The van der Waals surface area contributed by atoms with Gasteiger partial charge in [0, 0.05) is 17.8 Å². The highest BCUT2D eigenvalue weighted by molar-refractivity contribution is 5.39. The van der Waals surface area contributed by atoms with Crippen LogP contribution in [0.25, 0.3) is 0 Å². The molecule has 2 aromatic rings. The van der Waals surface area contributed by atoms with Crippen LogP contribution in [-0.2, 0) is 6.54 Å². The van der Waals surface area contributed by atoms with Gasteiger partial charge in [0.1, 0.15) is 0 Å². The molecule has 0 spiro atoms. The van der Waals surface area contributed by atoms with E-state index < -0.39 is 0 Å². The zero-order valence-electron chi connectivity index (χ0n) is 8.09. The second-order valence-electron chi connectivity index (χ2n) is 3.38. The SMILES string of the molecule is Nc1ccc(Cn2c(O)ccc2O)cc1. The maximum atomic E-state index is 9.43. The molecule has 4 heteroatoms.